The van der Waals surface area contributed by atoms with Crippen LogP contribution in [0.4, 0.5) is 0 Å². The normalized spacial score (nSPS) is 39.5. The Morgan fingerprint density at radius 3 is 2.59 bits per heavy atom. The molecule has 0 aliphatic carbocycles. The molecule has 0 N–H and O–H groups in total. The molecule has 0 radical (unpaired) electrons. The van der Waals surface area contributed by atoms with Gasteiger partial charge in [0, 0.05) is 6.61 Å². The molecule has 0 unspecified atom stereocenters. The van der Waals surface area contributed by atoms with Gasteiger partial charge >= 0.3 is 0 Å². The van der Waals surface area contributed by atoms with Gasteiger partial charge in [0.2, 0.25) is 0 Å². The molecule has 3 heterocycles. The second-order valence-electron chi connectivity index (χ2n) is 6.53. The van der Waals surface area contributed by atoms with Crippen LogP contribution in [0.1, 0.15) is 25.8 Å². The van der Waals surface area contributed by atoms with E-state index in [4.69, 9.17) is 23.7 Å². The van der Waals surface area contributed by atoms with E-state index in [0.717, 1.165) is 18.6 Å². The third-order valence-corrected chi connectivity index (χ3v) is 4.41. The lowest BCUT2D eigenvalue weighted by atomic mass is 10.0. The van der Waals surface area contributed by atoms with Crippen LogP contribution in [-0.2, 0) is 30.3 Å². The Kier molecular flexibility index (Phi) is 3.71. The first-order chi connectivity index (χ1) is 10.6. The summed E-state index contributed by atoms with van der Waals surface area (Å²) in [5, 5.41) is 0. The molecule has 1 aromatic carbocycles. The molecule has 0 amide bonds. The largest absolute Gasteiger partial charge is 0.375 e. The van der Waals surface area contributed by atoms with E-state index in [0.29, 0.717) is 6.61 Å². The third kappa shape index (κ3) is 2.68. The van der Waals surface area contributed by atoms with E-state index in [2.05, 4.69) is 12.1 Å². The van der Waals surface area contributed by atoms with Crippen LogP contribution in [0.15, 0.2) is 30.3 Å². The molecule has 5 heteroatoms. The lowest BCUT2D eigenvalue weighted by Crippen LogP contribution is -2.47. The summed E-state index contributed by atoms with van der Waals surface area (Å²) in [7, 11) is 0. The Balaban J connectivity index is 1.47. The Hall–Kier alpha value is -0.980. The molecule has 5 atom stereocenters. The first kappa shape index (κ1) is 14.6. The Morgan fingerprint density at radius 2 is 1.91 bits per heavy atom. The average Bonchev–Trinajstić information content (AvgIpc) is 2.88. The molecule has 0 aromatic heterocycles. The molecule has 1 aromatic rings. The van der Waals surface area contributed by atoms with Gasteiger partial charge in [0.1, 0.15) is 18.3 Å². The zero-order valence-electron chi connectivity index (χ0n) is 12.9. The van der Waals surface area contributed by atoms with Gasteiger partial charge in [-0.1, -0.05) is 30.3 Å². The number of hydrogen-bond donors (Lipinski definition) is 0. The molecule has 3 aliphatic rings. The minimum atomic E-state index is -0.630. The zero-order chi connectivity index (χ0) is 15.2. The molecule has 120 valence electrons. The van der Waals surface area contributed by atoms with Crippen molar-refractivity contribution in [2.75, 3.05) is 6.61 Å². The van der Waals surface area contributed by atoms with E-state index in [1.165, 1.54) is 0 Å². The van der Waals surface area contributed by atoms with Gasteiger partial charge in [0.05, 0.1) is 12.7 Å². The predicted octanol–water partition coefficient (Wildman–Crippen LogP) is 2.24. The predicted molar refractivity (Wildman–Crippen MR) is 78.1 cm³/mol. The van der Waals surface area contributed by atoms with Crippen molar-refractivity contribution in [1.82, 2.24) is 0 Å². The van der Waals surface area contributed by atoms with E-state index in [9.17, 15) is 0 Å². The first-order valence-electron chi connectivity index (χ1n) is 7.91. The molecule has 5 nitrogen and oxygen atoms in total. The van der Waals surface area contributed by atoms with Crippen LogP contribution >= 0.6 is 0 Å². The second kappa shape index (κ2) is 5.58. The van der Waals surface area contributed by atoms with Crippen molar-refractivity contribution in [1.29, 1.82) is 0 Å². The topological polar surface area (TPSA) is 46.2 Å². The summed E-state index contributed by atoms with van der Waals surface area (Å²) in [6.07, 6.45) is 0.221. The highest BCUT2D eigenvalue weighted by molar-refractivity contribution is 5.13. The lowest BCUT2D eigenvalue weighted by Gasteiger charge is -2.35. The van der Waals surface area contributed by atoms with E-state index in [1.807, 2.05) is 32.0 Å². The van der Waals surface area contributed by atoms with Gasteiger partial charge in [-0.2, -0.15) is 0 Å². The van der Waals surface area contributed by atoms with Crippen molar-refractivity contribution in [3.05, 3.63) is 35.9 Å². The van der Waals surface area contributed by atoms with Crippen molar-refractivity contribution in [2.24, 2.45) is 0 Å². The molecule has 3 fully saturated rings. The summed E-state index contributed by atoms with van der Waals surface area (Å²) in [6.45, 7) is 5.12. The summed E-state index contributed by atoms with van der Waals surface area (Å²) >= 11 is 0. The van der Waals surface area contributed by atoms with Gasteiger partial charge in [0.25, 0.3) is 0 Å². The molecule has 0 bridgehead atoms. The van der Waals surface area contributed by atoms with Crippen molar-refractivity contribution in [3.63, 3.8) is 0 Å². The summed E-state index contributed by atoms with van der Waals surface area (Å²) in [5.41, 5.74) is 1.14. The van der Waals surface area contributed by atoms with E-state index < -0.39 is 5.79 Å². The fourth-order valence-electron chi connectivity index (χ4n) is 3.27. The smallest absolute Gasteiger partial charge is 0.190 e. The van der Waals surface area contributed by atoms with Gasteiger partial charge in [-0.25, -0.2) is 0 Å². The highest BCUT2D eigenvalue weighted by atomic mass is 16.8. The molecule has 4 rings (SSSR count). The standard InChI is InChI=1S/C17H22O5/c1-17(2)21-15-14(19-10-11-6-4-3-5-7-11)13(12-8-9-18-12)20-16(15)22-17/h3-7,12-16H,8-10H2,1-2H3/t12-,13-,14+,15-,16-/m1/s1. The highest BCUT2D eigenvalue weighted by Crippen LogP contribution is 2.41. The van der Waals surface area contributed by atoms with E-state index in [1.54, 1.807) is 0 Å². The van der Waals surface area contributed by atoms with Crippen LogP contribution in [0.5, 0.6) is 0 Å². The molecular weight excluding hydrogens is 284 g/mol. The molecular formula is C17H22O5. The minimum Gasteiger partial charge on any atom is -0.375 e. The summed E-state index contributed by atoms with van der Waals surface area (Å²) in [6, 6.07) is 10.1. The maximum atomic E-state index is 6.16. The van der Waals surface area contributed by atoms with Gasteiger partial charge < -0.3 is 23.7 Å². The van der Waals surface area contributed by atoms with Crippen molar-refractivity contribution in [2.45, 2.75) is 63.4 Å². The summed E-state index contributed by atoms with van der Waals surface area (Å²) in [4.78, 5) is 0. The maximum absolute atomic E-state index is 6.16. The number of hydrogen-bond acceptors (Lipinski definition) is 5. The fraction of sp³-hybridized carbons (Fsp3) is 0.647. The number of rotatable bonds is 4. The Morgan fingerprint density at radius 1 is 1.14 bits per heavy atom. The van der Waals surface area contributed by atoms with Crippen molar-refractivity contribution in [3.8, 4) is 0 Å². The quantitative estimate of drug-likeness (QED) is 0.853. The van der Waals surface area contributed by atoms with Gasteiger partial charge in [-0.3, -0.25) is 0 Å². The van der Waals surface area contributed by atoms with Crippen LogP contribution in [0.2, 0.25) is 0 Å². The molecule has 0 spiro atoms. The van der Waals surface area contributed by atoms with Crippen LogP contribution in [-0.4, -0.2) is 43.1 Å². The summed E-state index contributed by atoms with van der Waals surface area (Å²) < 4.78 is 29.6. The Bertz CT molecular complexity index is 513. The Labute approximate surface area is 130 Å². The van der Waals surface area contributed by atoms with Crippen LogP contribution in [0.3, 0.4) is 0 Å². The summed E-state index contributed by atoms with van der Waals surface area (Å²) in [5.74, 6) is -0.630. The average molecular weight is 306 g/mol. The number of ether oxygens (including phenoxy) is 5. The van der Waals surface area contributed by atoms with Crippen molar-refractivity contribution < 1.29 is 23.7 Å². The minimum absolute atomic E-state index is 0.0849. The third-order valence-electron chi connectivity index (χ3n) is 4.41. The monoisotopic (exact) mass is 306 g/mol. The van der Waals surface area contributed by atoms with Gasteiger partial charge in [0.15, 0.2) is 12.1 Å². The number of benzene rings is 1. The van der Waals surface area contributed by atoms with Crippen LogP contribution in [0.25, 0.3) is 0 Å². The SMILES string of the molecule is CC1(C)O[C@H]2O[C@H]([C@H]3CCO3)[C@H](OCc3ccccc3)[C@H]2O1. The van der Waals surface area contributed by atoms with E-state index >= 15 is 0 Å². The highest BCUT2D eigenvalue weighted by Gasteiger charge is 2.58. The molecule has 0 saturated carbocycles. The zero-order valence-corrected chi connectivity index (χ0v) is 12.9. The van der Waals surface area contributed by atoms with Crippen molar-refractivity contribution >= 4 is 0 Å². The maximum Gasteiger partial charge on any atom is 0.190 e. The van der Waals surface area contributed by atoms with Gasteiger partial charge in [-0.15, -0.1) is 0 Å². The molecule has 3 aliphatic heterocycles. The fourth-order valence-corrected chi connectivity index (χ4v) is 3.27. The lowest BCUT2D eigenvalue weighted by molar-refractivity contribution is -0.245. The van der Waals surface area contributed by atoms with E-state index in [-0.39, 0.29) is 30.7 Å². The molecule has 22 heavy (non-hydrogen) atoms. The van der Waals surface area contributed by atoms with Crippen LogP contribution < -0.4 is 0 Å². The van der Waals surface area contributed by atoms with Gasteiger partial charge in [-0.05, 0) is 25.8 Å². The second-order valence-corrected chi connectivity index (χ2v) is 6.53. The first-order valence-corrected chi connectivity index (χ1v) is 7.91. The number of fused-ring (bicyclic) bond motifs is 1. The van der Waals surface area contributed by atoms with Crippen LogP contribution in [0, 0.1) is 0 Å². The molecule has 3 saturated heterocycles.